The zero-order chi connectivity index (χ0) is 14.8. The van der Waals surface area contributed by atoms with Crippen molar-refractivity contribution in [1.29, 1.82) is 0 Å². The van der Waals surface area contributed by atoms with Crippen molar-refractivity contribution in [1.82, 2.24) is 9.97 Å². The number of hydrogen-bond donors (Lipinski definition) is 0. The van der Waals surface area contributed by atoms with Crippen LogP contribution < -0.4 is 4.90 Å². The maximum atomic E-state index is 12.5. The molecule has 0 aliphatic carbocycles. The maximum absolute atomic E-state index is 12.5. The van der Waals surface area contributed by atoms with Crippen LogP contribution in [0.1, 0.15) is 17.7 Å². The number of carbonyl (C=O) groups is 2. The van der Waals surface area contributed by atoms with Gasteiger partial charge in [-0.15, -0.1) is 0 Å². The van der Waals surface area contributed by atoms with E-state index in [1.807, 2.05) is 30.3 Å². The van der Waals surface area contributed by atoms with E-state index >= 15 is 0 Å². The number of anilines is 1. The number of aryl methyl sites for hydroxylation is 1. The van der Waals surface area contributed by atoms with Gasteiger partial charge in [0.05, 0.1) is 5.92 Å². The highest BCUT2D eigenvalue weighted by Gasteiger charge is 2.40. The Kier molecular flexibility index (Phi) is 3.48. The zero-order valence-corrected chi connectivity index (χ0v) is 11.7. The average Bonchev–Trinajstić information content (AvgIpc) is 2.74. The minimum atomic E-state index is -0.330. The molecule has 1 fully saturated rings. The Labute approximate surface area is 122 Å². The molecule has 1 saturated heterocycles. The molecule has 1 aromatic carbocycles. The Morgan fingerprint density at radius 1 is 1.19 bits per heavy atom. The summed E-state index contributed by atoms with van der Waals surface area (Å²) < 4.78 is 0. The fourth-order valence-electron chi connectivity index (χ4n) is 2.51. The van der Waals surface area contributed by atoms with E-state index < -0.39 is 0 Å². The lowest BCUT2D eigenvalue weighted by Gasteiger charge is -2.13. The summed E-state index contributed by atoms with van der Waals surface area (Å²) >= 11 is 0. The fourth-order valence-corrected chi connectivity index (χ4v) is 2.51. The summed E-state index contributed by atoms with van der Waals surface area (Å²) in [6.45, 7) is 1.80. The first-order valence-electron chi connectivity index (χ1n) is 6.85. The van der Waals surface area contributed by atoms with E-state index in [1.54, 1.807) is 19.2 Å². The molecule has 0 spiro atoms. The summed E-state index contributed by atoms with van der Waals surface area (Å²) in [6, 6.07) is 11.4. The molecule has 1 aliphatic rings. The monoisotopic (exact) mass is 281 g/mol. The van der Waals surface area contributed by atoms with Crippen molar-refractivity contribution in [3.05, 3.63) is 53.9 Å². The second-order valence-electron chi connectivity index (χ2n) is 5.16. The van der Waals surface area contributed by atoms with Crippen LogP contribution in [-0.2, 0) is 16.0 Å². The summed E-state index contributed by atoms with van der Waals surface area (Å²) in [5, 5.41) is 0. The van der Waals surface area contributed by atoms with Crippen LogP contribution in [0.2, 0.25) is 0 Å². The molecule has 1 aromatic heterocycles. The molecule has 0 bridgehead atoms. The third kappa shape index (κ3) is 2.67. The number of benzene rings is 1. The van der Waals surface area contributed by atoms with Crippen LogP contribution in [0.4, 0.5) is 5.95 Å². The van der Waals surface area contributed by atoms with Crippen LogP contribution in [-0.4, -0.2) is 21.8 Å². The van der Waals surface area contributed by atoms with Crippen molar-refractivity contribution in [3.63, 3.8) is 0 Å². The van der Waals surface area contributed by atoms with Crippen LogP contribution in [0.5, 0.6) is 0 Å². The quantitative estimate of drug-likeness (QED) is 0.806. The predicted octanol–water partition coefficient (Wildman–Crippen LogP) is 1.91. The molecule has 1 unspecified atom stereocenters. The topological polar surface area (TPSA) is 63.2 Å². The molecule has 5 heteroatoms. The molecule has 3 rings (SSSR count). The second-order valence-corrected chi connectivity index (χ2v) is 5.16. The molecule has 5 nitrogen and oxygen atoms in total. The lowest BCUT2D eigenvalue weighted by atomic mass is 9.98. The molecule has 0 radical (unpaired) electrons. The van der Waals surface area contributed by atoms with Gasteiger partial charge in [0.15, 0.2) is 0 Å². The number of aromatic nitrogens is 2. The average molecular weight is 281 g/mol. The van der Waals surface area contributed by atoms with E-state index in [9.17, 15) is 9.59 Å². The summed E-state index contributed by atoms with van der Waals surface area (Å²) in [5.41, 5.74) is 1.78. The molecular weight excluding hydrogens is 266 g/mol. The van der Waals surface area contributed by atoms with Crippen molar-refractivity contribution in [2.45, 2.75) is 19.8 Å². The number of hydrogen-bond acceptors (Lipinski definition) is 4. The Morgan fingerprint density at radius 3 is 2.67 bits per heavy atom. The first-order valence-corrected chi connectivity index (χ1v) is 6.85. The van der Waals surface area contributed by atoms with Crippen molar-refractivity contribution in [3.8, 4) is 0 Å². The summed E-state index contributed by atoms with van der Waals surface area (Å²) in [6.07, 6.45) is 2.33. The number of carbonyl (C=O) groups excluding carboxylic acids is 2. The van der Waals surface area contributed by atoms with E-state index in [0.29, 0.717) is 6.42 Å². The maximum Gasteiger partial charge on any atom is 0.240 e. The highest BCUT2D eigenvalue weighted by molar-refractivity contribution is 6.20. The van der Waals surface area contributed by atoms with Crippen LogP contribution in [0.15, 0.2) is 42.6 Å². The Hall–Kier alpha value is -2.56. The van der Waals surface area contributed by atoms with Gasteiger partial charge in [-0.2, -0.15) is 0 Å². The van der Waals surface area contributed by atoms with Gasteiger partial charge in [-0.1, -0.05) is 30.3 Å². The van der Waals surface area contributed by atoms with E-state index in [0.717, 1.165) is 16.2 Å². The van der Waals surface area contributed by atoms with Crippen LogP contribution >= 0.6 is 0 Å². The summed E-state index contributed by atoms with van der Waals surface area (Å²) in [4.78, 5) is 33.9. The number of amides is 2. The van der Waals surface area contributed by atoms with Gasteiger partial charge in [0, 0.05) is 18.3 Å². The van der Waals surface area contributed by atoms with Crippen molar-refractivity contribution in [2.24, 2.45) is 5.92 Å². The van der Waals surface area contributed by atoms with Gasteiger partial charge in [-0.3, -0.25) is 9.59 Å². The molecule has 0 saturated carbocycles. The van der Waals surface area contributed by atoms with E-state index in [2.05, 4.69) is 9.97 Å². The third-order valence-electron chi connectivity index (χ3n) is 3.55. The van der Waals surface area contributed by atoms with E-state index in [-0.39, 0.29) is 30.1 Å². The first kappa shape index (κ1) is 13.4. The molecule has 106 valence electrons. The Bertz CT molecular complexity index is 685. The largest absolute Gasteiger partial charge is 0.274 e. The van der Waals surface area contributed by atoms with E-state index in [4.69, 9.17) is 0 Å². The number of imide groups is 1. The first-order chi connectivity index (χ1) is 10.1. The predicted molar refractivity (Wildman–Crippen MR) is 77.5 cm³/mol. The lowest BCUT2D eigenvalue weighted by molar-refractivity contribution is -0.122. The Morgan fingerprint density at radius 2 is 1.95 bits per heavy atom. The molecule has 21 heavy (non-hydrogen) atoms. The van der Waals surface area contributed by atoms with Crippen LogP contribution in [0, 0.1) is 12.8 Å². The fraction of sp³-hybridized carbons (Fsp3) is 0.250. The highest BCUT2D eigenvalue weighted by Crippen LogP contribution is 2.26. The van der Waals surface area contributed by atoms with Gasteiger partial charge >= 0.3 is 0 Å². The Balaban J connectivity index is 1.82. The van der Waals surface area contributed by atoms with Crippen molar-refractivity contribution in [2.75, 3.05) is 4.90 Å². The molecule has 0 N–H and O–H groups in total. The lowest BCUT2D eigenvalue weighted by Crippen LogP contribution is -2.32. The van der Waals surface area contributed by atoms with E-state index in [1.165, 1.54) is 0 Å². The smallest absolute Gasteiger partial charge is 0.240 e. The standard InChI is InChI=1S/C16H15N3O2/c1-11-7-8-17-16(18-11)19-14(20)10-13(15(19)21)9-12-5-3-2-4-6-12/h2-8,13H,9-10H2,1H3. The van der Waals surface area contributed by atoms with Gasteiger partial charge in [-0.05, 0) is 25.0 Å². The third-order valence-corrected chi connectivity index (χ3v) is 3.55. The second kappa shape index (κ2) is 5.44. The molecule has 2 heterocycles. The molecular formula is C16H15N3O2. The number of nitrogens with zero attached hydrogens (tertiary/aromatic N) is 3. The molecule has 1 aliphatic heterocycles. The van der Waals surface area contributed by atoms with Crippen molar-refractivity contribution < 1.29 is 9.59 Å². The zero-order valence-electron chi connectivity index (χ0n) is 11.7. The normalized spacial score (nSPS) is 18.3. The van der Waals surface area contributed by atoms with Crippen molar-refractivity contribution >= 4 is 17.8 Å². The van der Waals surface area contributed by atoms with Gasteiger partial charge in [0.1, 0.15) is 0 Å². The SMILES string of the molecule is Cc1ccnc(N2C(=O)CC(Cc3ccccc3)C2=O)n1. The van der Waals surface area contributed by atoms with Gasteiger partial charge in [-0.25, -0.2) is 14.9 Å². The summed E-state index contributed by atoms with van der Waals surface area (Å²) in [7, 11) is 0. The van der Waals surface area contributed by atoms with Gasteiger partial charge < -0.3 is 0 Å². The van der Waals surface area contributed by atoms with Crippen LogP contribution in [0.25, 0.3) is 0 Å². The minimum Gasteiger partial charge on any atom is -0.274 e. The van der Waals surface area contributed by atoms with Gasteiger partial charge in [0.25, 0.3) is 0 Å². The number of rotatable bonds is 3. The molecule has 1 atom stereocenters. The molecule has 2 aromatic rings. The van der Waals surface area contributed by atoms with Crippen LogP contribution in [0.3, 0.4) is 0 Å². The summed E-state index contributed by atoms with van der Waals surface area (Å²) in [5.74, 6) is -0.592. The minimum absolute atomic E-state index is 0.181. The van der Waals surface area contributed by atoms with Gasteiger partial charge in [0.2, 0.25) is 17.8 Å². The highest BCUT2D eigenvalue weighted by atomic mass is 16.2. The molecule has 2 amide bonds.